The fraction of sp³-hybridized carbons (Fsp3) is 0.833. The number of carbonyl (C=O) groups is 2. The number of ketones is 1. The van der Waals surface area contributed by atoms with E-state index in [2.05, 4.69) is 0 Å². The molecular weight excluding hydrogens is 238 g/mol. The van der Waals surface area contributed by atoms with E-state index in [0.717, 1.165) is 5.75 Å². The molecule has 0 aromatic heterocycles. The van der Waals surface area contributed by atoms with Crippen molar-refractivity contribution in [3.8, 4) is 0 Å². The molecule has 0 N–H and O–H groups in total. The molecule has 0 aromatic carbocycles. The number of carbonyl (C=O) groups excluding carboxylic acids is 2. The van der Waals surface area contributed by atoms with Crippen LogP contribution >= 0.6 is 11.8 Å². The number of amides is 1. The summed E-state index contributed by atoms with van der Waals surface area (Å²) in [5.74, 6) is 1.30. The average Bonchev–Trinajstić information content (AvgIpc) is 2.39. The molecule has 0 radical (unpaired) electrons. The summed E-state index contributed by atoms with van der Waals surface area (Å²) in [7, 11) is 0. The third-order valence-corrected chi connectivity index (χ3v) is 4.73. The van der Waals surface area contributed by atoms with Crippen molar-refractivity contribution in [2.24, 2.45) is 5.92 Å². The van der Waals surface area contributed by atoms with Crippen LogP contribution in [0.4, 0.5) is 4.79 Å². The van der Waals surface area contributed by atoms with Crippen molar-refractivity contribution >= 4 is 23.6 Å². The van der Waals surface area contributed by atoms with Crippen LogP contribution in [0.15, 0.2) is 0 Å². The van der Waals surface area contributed by atoms with E-state index in [4.69, 9.17) is 4.74 Å². The summed E-state index contributed by atoms with van der Waals surface area (Å²) >= 11 is 1.69. The number of ether oxygens (including phenoxy) is 1. The fourth-order valence-electron chi connectivity index (χ4n) is 2.15. The van der Waals surface area contributed by atoms with Crippen LogP contribution in [0.5, 0.6) is 0 Å². The van der Waals surface area contributed by atoms with Crippen LogP contribution < -0.4 is 0 Å². The molecular formula is C12H19NO3S. The highest BCUT2D eigenvalue weighted by atomic mass is 32.2. The topological polar surface area (TPSA) is 46.6 Å². The van der Waals surface area contributed by atoms with Gasteiger partial charge in [-0.25, -0.2) is 4.79 Å². The van der Waals surface area contributed by atoms with Crippen molar-refractivity contribution in [3.63, 3.8) is 0 Å². The monoisotopic (exact) mass is 257 g/mol. The maximum absolute atomic E-state index is 12.0. The lowest BCUT2D eigenvalue weighted by molar-refractivity contribution is -0.126. The van der Waals surface area contributed by atoms with Gasteiger partial charge in [0, 0.05) is 24.8 Å². The van der Waals surface area contributed by atoms with E-state index in [1.165, 1.54) is 0 Å². The Bertz CT molecular complexity index is 355. The molecule has 5 heteroatoms. The molecule has 1 amide bonds. The minimum Gasteiger partial charge on any atom is -0.444 e. The lowest BCUT2D eigenvalue weighted by Crippen LogP contribution is -2.64. The molecule has 1 unspecified atom stereocenters. The van der Waals surface area contributed by atoms with Crippen molar-refractivity contribution in [2.45, 2.75) is 38.0 Å². The van der Waals surface area contributed by atoms with Crippen LogP contribution in [0.25, 0.3) is 0 Å². The molecule has 0 bridgehead atoms. The summed E-state index contributed by atoms with van der Waals surface area (Å²) < 4.78 is 4.95. The van der Waals surface area contributed by atoms with Gasteiger partial charge in [-0.2, -0.15) is 0 Å². The highest BCUT2D eigenvalue weighted by Gasteiger charge is 2.56. The van der Waals surface area contributed by atoms with Crippen LogP contribution in [0, 0.1) is 5.92 Å². The summed E-state index contributed by atoms with van der Waals surface area (Å²) in [4.78, 5) is 25.3. The Labute approximate surface area is 106 Å². The quantitative estimate of drug-likeness (QED) is 0.665. The summed E-state index contributed by atoms with van der Waals surface area (Å²) in [5.41, 5.74) is -0.472. The summed E-state index contributed by atoms with van der Waals surface area (Å²) in [6, 6.07) is 0. The van der Waals surface area contributed by atoms with E-state index < -0.39 is 5.60 Å². The fourth-order valence-corrected chi connectivity index (χ4v) is 3.71. The van der Waals surface area contributed by atoms with Crippen molar-refractivity contribution in [3.05, 3.63) is 0 Å². The standard InChI is InChI=1S/C12H19NO3S/c1-8-5-17-12(9(8)14)6-13(7-12)10(15)16-11(2,3)4/h8H,5-7H2,1-4H3. The van der Waals surface area contributed by atoms with E-state index in [-0.39, 0.29) is 16.8 Å². The van der Waals surface area contributed by atoms with Crippen LogP contribution in [0.3, 0.4) is 0 Å². The van der Waals surface area contributed by atoms with Gasteiger partial charge >= 0.3 is 6.09 Å². The van der Waals surface area contributed by atoms with Crippen molar-refractivity contribution in [1.29, 1.82) is 0 Å². The maximum atomic E-state index is 12.0. The van der Waals surface area contributed by atoms with Gasteiger partial charge in [0.1, 0.15) is 10.3 Å². The van der Waals surface area contributed by atoms with E-state index in [1.807, 2.05) is 27.7 Å². The molecule has 1 spiro atoms. The summed E-state index contributed by atoms with van der Waals surface area (Å²) in [6.07, 6.45) is -0.309. The Morgan fingerprint density at radius 3 is 2.47 bits per heavy atom. The van der Waals surface area contributed by atoms with Gasteiger partial charge in [-0.1, -0.05) is 6.92 Å². The van der Waals surface area contributed by atoms with E-state index in [0.29, 0.717) is 18.9 Å². The molecule has 0 aliphatic carbocycles. The Kier molecular flexibility index (Phi) is 2.92. The van der Waals surface area contributed by atoms with Crippen molar-refractivity contribution in [2.75, 3.05) is 18.8 Å². The van der Waals surface area contributed by atoms with Gasteiger partial charge in [-0.15, -0.1) is 11.8 Å². The SMILES string of the molecule is CC1CSC2(CN(C(=O)OC(C)(C)C)C2)C1=O. The molecule has 2 aliphatic rings. The van der Waals surface area contributed by atoms with E-state index in [9.17, 15) is 9.59 Å². The van der Waals surface area contributed by atoms with Crippen LogP contribution in [-0.2, 0) is 9.53 Å². The molecule has 2 fully saturated rings. The zero-order valence-electron chi connectivity index (χ0n) is 10.8. The van der Waals surface area contributed by atoms with Crippen LogP contribution in [0.1, 0.15) is 27.7 Å². The molecule has 2 saturated heterocycles. The summed E-state index contributed by atoms with van der Waals surface area (Å²) in [6.45, 7) is 8.51. The third kappa shape index (κ3) is 2.30. The molecule has 96 valence electrons. The van der Waals surface area contributed by atoms with Gasteiger partial charge in [0.15, 0.2) is 5.78 Å². The first kappa shape index (κ1) is 12.7. The summed E-state index contributed by atoms with van der Waals surface area (Å²) in [5, 5.41) is 0. The predicted molar refractivity (Wildman–Crippen MR) is 67.2 cm³/mol. The highest BCUT2D eigenvalue weighted by Crippen LogP contribution is 2.45. The van der Waals surface area contributed by atoms with Crippen molar-refractivity contribution < 1.29 is 14.3 Å². The smallest absolute Gasteiger partial charge is 0.410 e. The third-order valence-electron chi connectivity index (χ3n) is 3.05. The molecule has 2 rings (SSSR count). The molecule has 17 heavy (non-hydrogen) atoms. The van der Waals surface area contributed by atoms with Gasteiger partial charge < -0.3 is 9.64 Å². The zero-order valence-corrected chi connectivity index (χ0v) is 11.6. The van der Waals surface area contributed by atoms with Crippen LogP contribution in [-0.4, -0.2) is 46.0 Å². The first-order valence-corrected chi connectivity index (χ1v) is 6.88. The van der Waals surface area contributed by atoms with Gasteiger partial charge in [0.2, 0.25) is 0 Å². The van der Waals surface area contributed by atoms with E-state index >= 15 is 0 Å². The second-order valence-electron chi connectivity index (χ2n) is 5.91. The molecule has 2 heterocycles. The molecule has 2 aliphatic heterocycles. The Morgan fingerprint density at radius 2 is 2.06 bits per heavy atom. The molecule has 0 saturated carbocycles. The number of hydrogen-bond acceptors (Lipinski definition) is 4. The Hall–Kier alpha value is -0.710. The number of thioether (sulfide) groups is 1. The maximum Gasteiger partial charge on any atom is 0.410 e. The first-order chi connectivity index (χ1) is 7.73. The molecule has 1 atom stereocenters. The number of Topliss-reactive ketones (excluding diaryl/α,β-unsaturated/α-hetero) is 1. The Balaban J connectivity index is 1.91. The largest absolute Gasteiger partial charge is 0.444 e. The lowest BCUT2D eigenvalue weighted by atomic mass is 9.89. The minimum absolute atomic E-state index is 0.126. The van der Waals surface area contributed by atoms with Gasteiger partial charge in [0.05, 0.1) is 0 Å². The Morgan fingerprint density at radius 1 is 1.47 bits per heavy atom. The number of hydrogen-bond donors (Lipinski definition) is 0. The number of rotatable bonds is 0. The second kappa shape index (κ2) is 3.90. The van der Waals surface area contributed by atoms with Gasteiger partial charge in [-0.3, -0.25) is 4.79 Å². The van der Waals surface area contributed by atoms with E-state index in [1.54, 1.807) is 16.7 Å². The zero-order chi connectivity index (χ0) is 12.8. The highest BCUT2D eigenvalue weighted by molar-refractivity contribution is 8.02. The molecule has 0 aromatic rings. The predicted octanol–water partition coefficient (Wildman–Crippen LogP) is 1.93. The van der Waals surface area contributed by atoms with Gasteiger partial charge in [0.25, 0.3) is 0 Å². The molecule has 4 nitrogen and oxygen atoms in total. The van der Waals surface area contributed by atoms with Gasteiger partial charge in [-0.05, 0) is 20.8 Å². The number of likely N-dealkylation sites (tertiary alicyclic amines) is 1. The second-order valence-corrected chi connectivity index (χ2v) is 7.31. The normalized spacial score (nSPS) is 27.2. The minimum atomic E-state index is -0.472. The number of nitrogens with zero attached hydrogens (tertiary/aromatic N) is 1. The lowest BCUT2D eigenvalue weighted by Gasteiger charge is -2.45. The van der Waals surface area contributed by atoms with Crippen LogP contribution in [0.2, 0.25) is 0 Å². The first-order valence-electron chi connectivity index (χ1n) is 5.90. The average molecular weight is 257 g/mol. The van der Waals surface area contributed by atoms with Crippen molar-refractivity contribution in [1.82, 2.24) is 4.90 Å².